The van der Waals surface area contributed by atoms with Crippen molar-refractivity contribution in [3.63, 3.8) is 0 Å². The Bertz CT molecular complexity index is 938. The number of thiazole rings is 1. The first-order valence-corrected chi connectivity index (χ1v) is 10.6. The quantitative estimate of drug-likeness (QED) is 0.697. The van der Waals surface area contributed by atoms with Crippen LogP contribution < -0.4 is 15.0 Å². The summed E-state index contributed by atoms with van der Waals surface area (Å²) in [4.78, 5) is 19.0. The predicted octanol–water partition coefficient (Wildman–Crippen LogP) is 3.09. The number of nitrogens with zero attached hydrogens (tertiary/aromatic N) is 1. The van der Waals surface area contributed by atoms with E-state index >= 15 is 0 Å². The van der Waals surface area contributed by atoms with E-state index in [-0.39, 0.29) is 11.9 Å². The van der Waals surface area contributed by atoms with Crippen molar-refractivity contribution in [1.29, 1.82) is 0 Å². The fourth-order valence-corrected chi connectivity index (χ4v) is 5.00. The number of amides is 1. The summed E-state index contributed by atoms with van der Waals surface area (Å²) in [5.74, 6) is 1.22. The predicted molar refractivity (Wildman–Crippen MR) is 113 cm³/mol. The van der Waals surface area contributed by atoms with E-state index in [9.17, 15) is 4.79 Å². The van der Waals surface area contributed by atoms with Crippen LogP contribution in [0.4, 0.5) is 5.69 Å². The Morgan fingerprint density at radius 3 is 2.96 bits per heavy atom. The summed E-state index contributed by atoms with van der Waals surface area (Å²) in [7, 11) is 1.63. The van der Waals surface area contributed by atoms with Crippen LogP contribution in [0.1, 0.15) is 30.7 Å². The number of para-hydroxylation sites is 1. The lowest BCUT2D eigenvalue weighted by Gasteiger charge is -2.32. The second-order valence-electron chi connectivity index (χ2n) is 7.41. The molecule has 5 nitrogen and oxygen atoms in total. The minimum absolute atomic E-state index is 0.0493. The first kappa shape index (κ1) is 18.9. The summed E-state index contributed by atoms with van der Waals surface area (Å²) >= 11 is 1.79. The van der Waals surface area contributed by atoms with Crippen molar-refractivity contribution in [1.82, 2.24) is 4.98 Å². The fraction of sp³-hybridized carbons (Fsp3) is 0.364. The number of aromatic nitrogens is 1. The number of fused-ring (bicyclic) bond motifs is 1. The molecule has 1 amide bonds. The van der Waals surface area contributed by atoms with E-state index in [1.807, 2.05) is 37.3 Å². The van der Waals surface area contributed by atoms with Gasteiger partial charge in [0.05, 0.1) is 36.3 Å². The molecule has 0 bridgehead atoms. The number of hydrogen-bond acceptors (Lipinski definition) is 4. The number of methoxy groups -OCH3 is 1. The van der Waals surface area contributed by atoms with Crippen LogP contribution in [0.5, 0.6) is 5.75 Å². The van der Waals surface area contributed by atoms with Gasteiger partial charge in [0.15, 0.2) is 6.04 Å². The number of carbonyl (C=O) groups is 1. The Balaban J connectivity index is 1.43. The number of carbonyl (C=O) groups excluding carboxylic acids is 1. The van der Waals surface area contributed by atoms with Crippen molar-refractivity contribution in [2.45, 2.75) is 31.7 Å². The highest BCUT2D eigenvalue weighted by molar-refractivity contribution is 7.18. The molecule has 1 saturated heterocycles. The lowest BCUT2D eigenvalue weighted by molar-refractivity contribution is -0.920. The molecule has 1 fully saturated rings. The Morgan fingerprint density at radius 1 is 1.29 bits per heavy atom. The van der Waals surface area contributed by atoms with Crippen molar-refractivity contribution in [2.24, 2.45) is 0 Å². The molecule has 6 heteroatoms. The number of quaternary nitrogens is 1. The number of hydrogen-bond donors (Lipinski definition) is 2. The van der Waals surface area contributed by atoms with Crippen molar-refractivity contribution in [3.8, 4) is 5.75 Å². The van der Waals surface area contributed by atoms with Gasteiger partial charge in [-0.3, -0.25) is 4.79 Å². The molecule has 0 radical (unpaired) electrons. The third-order valence-corrected chi connectivity index (χ3v) is 6.76. The number of piperidine rings is 1. The van der Waals surface area contributed by atoms with Crippen LogP contribution in [0.25, 0.3) is 10.2 Å². The number of ether oxygens (including phenoxy) is 1. The van der Waals surface area contributed by atoms with Gasteiger partial charge in [-0.1, -0.05) is 18.2 Å². The first-order valence-electron chi connectivity index (χ1n) is 9.79. The largest absolute Gasteiger partial charge is 0.497 e. The van der Waals surface area contributed by atoms with E-state index in [1.165, 1.54) is 14.6 Å². The van der Waals surface area contributed by atoms with E-state index in [2.05, 4.69) is 23.5 Å². The van der Waals surface area contributed by atoms with Crippen molar-refractivity contribution >= 4 is 33.1 Å². The standard InChI is InChI=1S/C22H25N3O2S/c1-15(21(26)23-17-8-5-9-18(13-17)27-2)25-12-6-7-16(14-25)22-24-19-10-3-4-11-20(19)28-22/h3-5,8-11,13,15-16H,6-7,12,14H2,1-2H3,(H,23,26)/p+1/t15-,16-/m0/s1. The molecule has 1 aliphatic rings. The Morgan fingerprint density at radius 2 is 2.14 bits per heavy atom. The number of likely N-dealkylation sites (tertiary alicyclic amines) is 1. The zero-order valence-electron chi connectivity index (χ0n) is 16.3. The number of benzene rings is 2. The third-order valence-electron chi connectivity index (χ3n) is 5.56. The summed E-state index contributed by atoms with van der Waals surface area (Å²) in [5.41, 5.74) is 1.86. The first-order chi connectivity index (χ1) is 13.6. The molecule has 1 aliphatic heterocycles. The number of nitrogens with one attached hydrogen (secondary N) is 2. The average Bonchev–Trinajstić information content (AvgIpc) is 3.18. The monoisotopic (exact) mass is 396 g/mol. The Hall–Kier alpha value is -2.44. The molecular weight excluding hydrogens is 370 g/mol. The summed E-state index contributed by atoms with van der Waals surface area (Å²) < 4.78 is 6.48. The highest BCUT2D eigenvalue weighted by Gasteiger charge is 2.33. The second-order valence-corrected chi connectivity index (χ2v) is 8.48. The number of rotatable bonds is 5. The van der Waals surface area contributed by atoms with E-state index in [4.69, 9.17) is 9.72 Å². The van der Waals surface area contributed by atoms with E-state index in [0.29, 0.717) is 5.92 Å². The van der Waals surface area contributed by atoms with Crippen LogP contribution in [0, 0.1) is 0 Å². The van der Waals surface area contributed by atoms with Gasteiger partial charge in [0.2, 0.25) is 0 Å². The summed E-state index contributed by atoms with van der Waals surface area (Å²) in [6, 6.07) is 15.7. The fourth-order valence-electron chi connectivity index (χ4n) is 3.90. The molecule has 2 aromatic carbocycles. The van der Waals surface area contributed by atoms with Crippen LogP contribution in [0.2, 0.25) is 0 Å². The molecule has 3 aromatic rings. The molecule has 3 atom stereocenters. The highest BCUT2D eigenvalue weighted by Crippen LogP contribution is 2.30. The summed E-state index contributed by atoms with van der Waals surface area (Å²) in [5, 5.41) is 4.24. The summed E-state index contributed by atoms with van der Waals surface area (Å²) in [6.45, 7) is 3.99. The van der Waals surface area contributed by atoms with E-state index in [1.54, 1.807) is 18.4 Å². The normalized spacial score (nSPS) is 20.6. The lowest BCUT2D eigenvalue weighted by atomic mass is 9.97. The van der Waals surface area contributed by atoms with Gasteiger partial charge in [-0.2, -0.15) is 0 Å². The van der Waals surface area contributed by atoms with E-state index in [0.717, 1.165) is 42.9 Å². The molecule has 2 N–H and O–H groups in total. The molecule has 1 unspecified atom stereocenters. The molecule has 2 heterocycles. The van der Waals surface area contributed by atoms with Gasteiger partial charge < -0.3 is 15.0 Å². The van der Waals surface area contributed by atoms with Crippen molar-refractivity contribution in [3.05, 3.63) is 53.5 Å². The van der Waals surface area contributed by atoms with Crippen LogP contribution in [-0.2, 0) is 4.79 Å². The zero-order valence-corrected chi connectivity index (χ0v) is 17.1. The SMILES string of the molecule is COc1cccc(NC(=O)[C@H](C)[NH+]2CCC[C@H](c3nc4ccccc4s3)C2)c1. The smallest absolute Gasteiger partial charge is 0.282 e. The van der Waals surface area contributed by atoms with Crippen LogP contribution in [-0.4, -0.2) is 37.1 Å². The lowest BCUT2D eigenvalue weighted by Crippen LogP contribution is -3.17. The Labute approximate surface area is 169 Å². The minimum Gasteiger partial charge on any atom is -0.497 e. The molecule has 28 heavy (non-hydrogen) atoms. The minimum atomic E-state index is -0.108. The molecule has 146 valence electrons. The molecule has 4 rings (SSSR count). The maximum atomic E-state index is 12.8. The molecular formula is C22H26N3O2S+. The summed E-state index contributed by atoms with van der Waals surface area (Å²) in [6.07, 6.45) is 2.26. The van der Waals surface area contributed by atoms with Gasteiger partial charge in [-0.05, 0) is 44.0 Å². The van der Waals surface area contributed by atoms with Crippen LogP contribution in [0.3, 0.4) is 0 Å². The third kappa shape index (κ3) is 4.03. The molecule has 0 spiro atoms. The molecule has 1 aromatic heterocycles. The zero-order chi connectivity index (χ0) is 19.5. The molecule has 0 saturated carbocycles. The maximum absolute atomic E-state index is 12.8. The van der Waals surface area contributed by atoms with Crippen LogP contribution >= 0.6 is 11.3 Å². The van der Waals surface area contributed by atoms with Crippen LogP contribution in [0.15, 0.2) is 48.5 Å². The topological polar surface area (TPSA) is 55.7 Å². The van der Waals surface area contributed by atoms with Gasteiger partial charge in [0, 0.05) is 11.8 Å². The average molecular weight is 397 g/mol. The van der Waals surface area contributed by atoms with E-state index < -0.39 is 0 Å². The number of anilines is 1. The second kappa shape index (κ2) is 8.29. The van der Waals surface area contributed by atoms with Gasteiger partial charge in [0.1, 0.15) is 10.8 Å². The highest BCUT2D eigenvalue weighted by atomic mass is 32.1. The van der Waals surface area contributed by atoms with Gasteiger partial charge in [-0.15, -0.1) is 11.3 Å². The molecule has 0 aliphatic carbocycles. The van der Waals surface area contributed by atoms with Gasteiger partial charge in [0.25, 0.3) is 5.91 Å². The van der Waals surface area contributed by atoms with Crippen molar-refractivity contribution in [2.75, 3.05) is 25.5 Å². The maximum Gasteiger partial charge on any atom is 0.282 e. The van der Waals surface area contributed by atoms with Gasteiger partial charge in [-0.25, -0.2) is 4.98 Å². The Kier molecular flexibility index (Phi) is 5.59. The van der Waals surface area contributed by atoms with Crippen molar-refractivity contribution < 1.29 is 14.4 Å². The van der Waals surface area contributed by atoms with Gasteiger partial charge >= 0.3 is 0 Å².